The number of rotatable bonds is 5. The summed E-state index contributed by atoms with van der Waals surface area (Å²) in [4.78, 5) is 27.3. The van der Waals surface area contributed by atoms with Crippen molar-refractivity contribution < 1.29 is 24.2 Å². The number of carboxylic acid groups (broad SMARTS) is 1. The van der Waals surface area contributed by atoms with Crippen LogP contribution in [0.2, 0.25) is 0 Å². The van der Waals surface area contributed by atoms with Crippen molar-refractivity contribution in [1.29, 1.82) is 0 Å². The van der Waals surface area contributed by atoms with Gasteiger partial charge in [-0.2, -0.15) is 0 Å². The van der Waals surface area contributed by atoms with Crippen LogP contribution in [-0.2, 0) is 9.53 Å². The zero-order chi connectivity index (χ0) is 19.7. The van der Waals surface area contributed by atoms with Gasteiger partial charge in [-0.1, -0.05) is 30.3 Å². The highest BCUT2D eigenvalue weighted by Gasteiger charge is 2.45. The summed E-state index contributed by atoms with van der Waals surface area (Å²) >= 11 is 0. The first kappa shape index (κ1) is 18.5. The fourth-order valence-corrected chi connectivity index (χ4v) is 4.24. The molecule has 146 valence electrons. The molecular formula is C22H23NO5. The van der Waals surface area contributed by atoms with Crippen LogP contribution in [0.15, 0.2) is 48.5 Å². The van der Waals surface area contributed by atoms with Gasteiger partial charge in [0.05, 0.1) is 19.3 Å². The first-order chi connectivity index (χ1) is 13.6. The van der Waals surface area contributed by atoms with E-state index in [1.165, 1.54) is 0 Å². The van der Waals surface area contributed by atoms with E-state index in [-0.39, 0.29) is 12.0 Å². The number of fused-ring (bicyclic) bond motifs is 1. The quantitative estimate of drug-likeness (QED) is 0.860. The second kappa shape index (κ2) is 7.64. The third kappa shape index (κ3) is 3.24. The SMILES string of the molecule is COc1ccc([C@H]2[C@@H](C(=O)O)c3ccccc3C(=O)N2C[C@@H]2CCCO2)cc1. The van der Waals surface area contributed by atoms with E-state index in [0.717, 1.165) is 18.4 Å². The molecule has 2 aliphatic rings. The first-order valence-electron chi connectivity index (χ1n) is 9.48. The van der Waals surface area contributed by atoms with Crippen LogP contribution in [-0.4, -0.2) is 48.2 Å². The third-order valence-electron chi connectivity index (χ3n) is 5.59. The van der Waals surface area contributed by atoms with Crippen molar-refractivity contribution in [3.8, 4) is 5.75 Å². The van der Waals surface area contributed by atoms with Gasteiger partial charge in [0, 0.05) is 18.7 Å². The van der Waals surface area contributed by atoms with E-state index in [1.54, 1.807) is 48.4 Å². The molecule has 0 aliphatic carbocycles. The number of carbonyl (C=O) groups is 2. The molecule has 0 unspecified atom stereocenters. The molecule has 2 aromatic carbocycles. The molecule has 3 atom stereocenters. The highest BCUT2D eigenvalue weighted by molar-refractivity contribution is 6.00. The van der Waals surface area contributed by atoms with Gasteiger partial charge < -0.3 is 19.5 Å². The summed E-state index contributed by atoms with van der Waals surface area (Å²) in [6.07, 6.45) is 1.77. The monoisotopic (exact) mass is 381 g/mol. The van der Waals surface area contributed by atoms with Crippen molar-refractivity contribution in [1.82, 2.24) is 4.90 Å². The van der Waals surface area contributed by atoms with Crippen LogP contribution in [0.25, 0.3) is 0 Å². The van der Waals surface area contributed by atoms with Gasteiger partial charge in [0.2, 0.25) is 0 Å². The molecule has 0 aromatic heterocycles. The largest absolute Gasteiger partial charge is 0.497 e. The molecule has 0 radical (unpaired) electrons. The number of hydrogen-bond acceptors (Lipinski definition) is 4. The van der Waals surface area contributed by atoms with E-state index in [2.05, 4.69) is 0 Å². The zero-order valence-corrected chi connectivity index (χ0v) is 15.7. The van der Waals surface area contributed by atoms with E-state index in [1.807, 2.05) is 12.1 Å². The molecule has 0 spiro atoms. The minimum absolute atomic E-state index is 0.0654. The summed E-state index contributed by atoms with van der Waals surface area (Å²) in [5, 5.41) is 10.1. The van der Waals surface area contributed by atoms with E-state index in [0.29, 0.717) is 30.0 Å². The minimum Gasteiger partial charge on any atom is -0.497 e. The molecule has 6 nitrogen and oxygen atoms in total. The van der Waals surface area contributed by atoms with Crippen LogP contribution >= 0.6 is 0 Å². The lowest BCUT2D eigenvalue weighted by Gasteiger charge is -2.41. The molecule has 1 amide bonds. The number of carbonyl (C=O) groups excluding carboxylic acids is 1. The Labute approximate surface area is 163 Å². The Morgan fingerprint density at radius 1 is 1.21 bits per heavy atom. The Bertz CT molecular complexity index is 873. The van der Waals surface area contributed by atoms with E-state index >= 15 is 0 Å². The molecule has 1 N–H and O–H groups in total. The van der Waals surface area contributed by atoms with Crippen LogP contribution in [0.1, 0.15) is 46.3 Å². The van der Waals surface area contributed by atoms with Crippen molar-refractivity contribution in [2.45, 2.75) is 30.9 Å². The van der Waals surface area contributed by atoms with Crippen LogP contribution in [0.3, 0.4) is 0 Å². The number of benzene rings is 2. The normalized spacial score (nSPS) is 24.1. The van der Waals surface area contributed by atoms with Crippen LogP contribution in [0.5, 0.6) is 5.75 Å². The van der Waals surface area contributed by atoms with Gasteiger partial charge in [-0.25, -0.2) is 0 Å². The number of amides is 1. The lowest BCUT2D eigenvalue weighted by atomic mass is 9.79. The van der Waals surface area contributed by atoms with Gasteiger partial charge in [-0.3, -0.25) is 9.59 Å². The number of nitrogens with zero attached hydrogens (tertiary/aromatic N) is 1. The molecular weight excluding hydrogens is 358 g/mol. The second-order valence-electron chi connectivity index (χ2n) is 7.21. The summed E-state index contributed by atoms with van der Waals surface area (Å²) in [6, 6.07) is 13.7. The lowest BCUT2D eigenvalue weighted by Crippen LogP contribution is -2.47. The number of ether oxygens (including phenoxy) is 2. The minimum atomic E-state index is -0.946. The van der Waals surface area contributed by atoms with Gasteiger partial charge in [-0.15, -0.1) is 0 Å². The lowest BCUT2D eigenvalue weighted by molar-refractivity contribution is -0.140. The van der Waals surface area contributed by atoms with Gasteiger partial charge in [0.25, 0.3) is 5.91 Å². The van der Waals surface area contributed by atoms with Gasteiger partial charge >= 0.3 is 5.97 Å². The molecule has 2 aromatic rings. The number of aliphatic carboxylic acids is 1. The first-order valence-corrected chi connectivity index (χ1v) is 9.48. The Balaban J connectivity index is 1.82. The number of carboxylic acids is 1. The topological polar surface area (TPSA) is 76.1 Å². The highest BCUT2D eigenvalue weighted by Crippen LogP contribution is 2.43. The van der Waals surface area contributed by atoms with Crippen molar-refractivity contribution in [3.63, 3.8) is 0 Å². The molecule has 0 saturated carbocycles. The van der Waals surface area contributed by atoms with E-state index in [9.17, 15) is 14.7 Å². The zero-order valence-electron chi connectivity index (χ0n) is 15.7. The van der Waals surface area contributed by atoms with Crippen LogP contribution in [0.4, 0.5) is 0 Å². The van der Waals surface area contributed by atoms with Gasteiger partial charge in [0.15, 0.2) is 0 Å². The third-order valence-corrected chi connectivity index (χ3v) is 5.59. The maximum Gasteiger partial charge on any atom is 0.313 e. The fraction of sp³-hybridized carbons (Fsp3) is 0.364. The molecule has 28 heavy (non-hydrogen) atoms. The molecule has 2 heterocycles. The standard InChI is InChI=1S/C22H23NO5/c1-27-15-10-8-14(9-11-15)20-19(22(25)26)17-6-2-3-7-18(17)21(24)23(20)13-16-5-4-12-28-16/h2-3,6-11,16,19-20H,4-5,12-13H2,1H3,(H,25,26)/t16-,19-,20-/m0/s1. The number of hydrogen-bond donors (Lipinski definition) is 1. The summed E-state index contributed by atoms with van der Waals surface area (Å²) < 4.78 is 11.0. The number of methoxy groups -OCH3 is 1. The summed E-state index contributed by atoms with van der Waals surface area (Å²) in [6.45, 7) is 1.06. The van der Waals surface area contributed by atoms with Gasteiger partial charge in [-0.05, 0) is 42.2 Å². The van der Waals surface area contributed by atoms with Crippen LogP contribution < -0.4 is 4.74 Å². The van der Waals surface area contributed by atoms with E-state index in [4.69, 9.17) is 9.47 Å². The summed E-state index contributed by atoms with van der Waals surface area (Å²) in [5.74, 6) is -1.25. The second-order valence-corrected chi connectivity index (χ2v) is 7.21. The molecule has 1 saturated heterocycles. The van der Waals surface area contributed by atoms with Crippen molar-refractivity contribution in [3.05, 3.63) is 65.2 Å². The Morgan fingerprint density at radius 2 is 1.96 bits per heavy atom. The molecule has 0 bridgehead atoms. The highest BCUT2D eigenvalue weighted by atomic mass is 16.5. The molecule has 4 rings (SSSR count). The molecule has 1 fully saturated rings. The Hall–Kier alpha value is -2.86. The Kier molecular flexibility index (Phi) is 5.05. The fourth-order valence-electron chi connectivity index (χ4n) is 4.24. The summed E-state index contributed by atoms with van der Waals surface area (Å²) in [7, 11) is 1.58. The average Bonchev–Trinajstić information content (AvgIpc) is 3.23. The maximum absolute atomic E-state index is 13.3. The Morgan fingerprint density at radius 3 is 2.61 bits per heavy atom. The predicted molar refractivity (Wildman–Crippen MR) is 103 cm³/mol. The smallest absolute Gasteiger partial charge is 0.313 e. The maximum atomic E-state index is 13.3. The van der Waals surface area contributed by atoms with Crippen molar-refractivity contribution >= 4 is 11.9 Å². The van der Waals surface area contributed by atoms with Gasteiger partial charge in [0.1, 0.15) is 11.7 Å². The predicted octanol–water partition coefficient (Wildman–Crippen LogP) is 3.24. The van der Waals surface area contributed by atoms with Crippen molar-refractivity contribution in [2.24, 2.45) is 0 Å². The summed E-state index contributed by atoms with van der Waals surface area (Å²) in [5.41, 5.74) is 1.79. The van der Waals surface area contributed by atoms with Crippen LogP contribution in [0, 0.1) is 0 Å². The average molecular weight is 381 g/mol. The van der Waals surface area contributed by atoms with E-state index < -0.39 is 17.9 Å². The molecule has 6 heteroatoms. The van der Waals surface area contributed by atoms with Crippen molar-refractivity contribution in [2.75, 3.05) is 20.3 Å². The molecule has 2 aliphatic heterocycles.